The Hall–Kier alpha value is -2.44. The van der Waals surface area contributed by atoms with Crippen molar-refractivity contribution in [3.63, 3.8) is 0 Å². The standard InChI is InChI=1S/C18H21F3N4O4S/c1-12-17(13(2)29-23-12)30(27,28)25-9-7-24(8-10-25)11-16(26)22-15-5-3-14(4-6-15)18(19,20)21/h3-6H,7-11H2,1-2H3,(H,22,26). The Bertz CT molecular complexity index is 992. The molecule has 1 amide bonds. The fourth-order valence-electron chi connectivity index (χ4n) is 3.25. The maximum Gasteiger partial charge on any atom is 0.416 e. The molecule has 0 unspecified atom stereocenters. The van der Waals surface area contributed by atoms with E-state index in [1.165, 1.54) is 23.4 Å². The molecule has 0 saturated carbocycles. The number of aryl methyl sites for hydroxylation is 2. The van der Waals surface area contributed by atoms with Crippen molar-refractivity contribution >= 4 is 21.6 Å². The van der Waals surface area contributed by atoms with Crippen LogP contribution in [0.2, 0.25) is 0 Å². The number of aromatic nitrogens is 1. The zero-order valence-electron chi connectivity index (χ0n) is 16.4. The third-order valence-corrected chi connectivity index (χ3v) is 6.90. The van der Waals surface area contributed by atoms with Gasteiger partial charge in [-0.15, -0.1) is 0 Å². The second-order valence-electron chi connectivity index (χ2n) is 6.96. The van der Waals surface area contributed by atoms with Crippen molar-refractivity contribution in [3.8, 4) is 0 Å². The van der Waals surface area contributed by atoms with Crippen LogP contribution in [0, 0.1) is 13.8 Å². The van der Waals surface area contributed by atoms with Crippen molar-refractivity contribution in [1.82, 2.24) is 14.4 Å². The number of halogens is 3. The number of benzene rings is 1. The van der Waals surface area contributed by atoms with Gasteiger partial charge < -0.3 is 9.84 Å². The normalized spacial score (nSPS) is 16.6. The van der Waals surface area contributed by atoms with Crippen LogP contribution in [0.25, 0.3) is 0 Å². The van der Waals surface area contributed by atoms with Crippen molar-refractivity contribution in [2.75, 3.05) is 38.0 Å². The summed E-state index contributed by atoms with van der Waals surface area (Å²) in [6, 6.07) is 4.17. The molecule has 1 aliphatic rings. The van der Waals surface area contributed by atoms with Gasteiger partial charge in [0.25, 0.3) is 0 Å². The Kier molecular flexibility index (Phi) is 6.20. The van der Waals surface area contributed by atoms with E-state index in [9.17, 15) is 26.4 Å². The lowest BCUT2D eigenvalue weighted by atomic mass is 10.2. The molecule has 12 heteroatoms. The zero-order chi connectivity index (χ0) is 22.1. The molecular weight excluding hydrogens is 425 g/mol. The van der Waals surface area contributed by atoms with Gasteiger partial charge in [0.15, 0.2) is 5.76 Å². The van der Waals surface area contributed by atoms with Gasteiger partial charge in [-0.25, -0.2) is 8.42 Å². The van der Waals surface area contributed by atoms with Crippen LogP contribution in [-0.2, 0) is 21.0 Å². The Morgan fingerprint density at radius 1 is 1.13 bits per heavy atom. The van der Waals surface area contributed by atoms with E-state index in [2.05, 4.69) is 10.5 Å². The molecule has 30 heavy (non-hydrogen) atoms. The largest absolute Gasteiger partial charge is 0.416 e. The average molecular weight is 446 g/mol. The number of sulfonamides is 1. The molecular formula is C18H21F3N4O4S. The van der Waals surface area contributed by atoms with Crippen LogP contribution in [0.15, 0.2) is 33.7 Å². The van der Waals surface area contributed by atoms with E-state index in [0.717, 1.165) is 12.1 Å². The smallest absolute Gasteiger partial charge is 0.360 e. The summed E-state index contributed by atoms with van der Waals surface area (Å²) in [7, 11) is -3.74. The molecule has 1 saturated heterocycles. The summed E-state index contributed by atoms with van der Waals surface area (Å²) < 4.78 is 69.7. The Labute approximate surface area is 171 Å². The number of carbonyl (C=O) groups excluding carboxylic acids is 1. The first-order valence-electron chi connectivity index (χ1n) is 9.11. The van der Waals surface area contributed by atoms with E-state index in [1.54, 1.807) is 11.8 Å². The average Bonchev–Trinajstić information content (AvgIpc) is 3.01. The zero-order valence-corrected chi connectivity index (χ0v) is 17.2. The van der Waals surface area contributed by atoms with Crippen LogP contribution >= 0.6 is 0 Å². The first kappa shape index (κ1) is 22.2. The van der Waals surface area contributed by atoms with Crippen LogP contribution in [-0.4, -0.2) is 61.4 Å². The van der Waals surface area contributed by atoms with E-state index in [0.29, 0.717) is 18.8 Å². The van der Waals surface area contributed by atoms with Gasteiger partial charge in [0.05, 0.1) is 12.1 Å². The van der Waals surface area contributed by atoms with Crippen molar-refractivity contribution in [1.29, 1.82) is 0 Å². The molecule has 1 aromatic heterocycles. The molecule has 1 aliphatic heterocycles. The molecule has 0 radical (unpaired) electrons. The molecule has 2 heterocycles. The molecule has 1 aromatic carbocycles. The predicted molar refractivity (Wildman–Crippen MR) is 101 cm³/mol. The van der Waals surface area contributed by atoms with Gasteiger partial charge in [0.1, 0.15) is 10.6 Å². The summed E-state index contributed by atoms with van der Waals surface area (Å²) in [5.74, 6) is -0.164. The third-order valence-electron chi connectivity index (χ3n) is 4.76. The summed E-state index contributed by atoms with van der Waals surface area (Å²) in [6.45, 7) is 4.16. The lowest BCUT2D eigenvalue weighted by Gasteiger charge is -2.33. The molecule has 0 bridgehead atoms. The lowest BCUT2D eigenvalue weighted by Crippen LogP contribution is -2.50. The van der Waals surface area contributed by atoms with E-state index in [-0.39, 0.29) is 36.0 Å². The van der Waals surface area contributed by atoms with Gasteiger partial charge in [0, 0.05) is 31.9 Å². The highest BCUT2D eigenvalue weighted by molar-refractivity contribution is 7.89. The first-order valence-corrected chi connectivity index (χ1v) is 10.5. The predicted octanol–water partition coefficient (Wildman–Crippen LogP) is 2.26. The number of hydrogen-bond acceptors (Lipinski definition) is 6. The van der Waals surface area contributed by atoms with Crippen LogP contribution in [0.1, 0.15) is 17.0 Å². The number of nitrogens with zero attached hydrogens (tertiary/aromatic N) is 3. The van der Waals surface area contributed by atoms with Crippen LogP contribution in [0.5, 0.6) is 0 Å². The molecule has 164 valence electrons. The molecule has 3 rings (SSSR count). The fraction of sp³-hybridized carbons (Fsp3) is 0.444. The molecule has 0 aliphatic carbocycles. The number of anilines is 1. The van der Waals surface area contributed by atoms with Gasteiger partial charge >= 0.3 is 6.18 Å². The van der Waals surface area contributed by atoms with Crippen molar-refractivity contribution in [3.05, 3.63) is 41.3 Å². The summed E-state index contributed by atoms with van der Waals surface area (Å²) in [5, 5.41) is 6.23. The van der Waals surface area contributed by atoms with Gasteiger partial charge in [-0.2, -0.15) is 17.5 Å². The van der Waals surface area contributed by atoms with E-state index < -0.39 is 27.7 Å². The van der Waals surface area contributed by atoms with Gasteiger partial charge in [-0.1, -0.05) is 5.16 Å². The van der Waals surface area contributed by atoms with E-state index in [1.807, 2.05) is 0 Å². The Morgan fingerprint density at radius 2 is 1.73 bits per heavy atom. The molecule has 8 nitrogen and oxygen atoms in total. The summed E-state index contributed by atoms with van der Waals surface area (Å²) in [5.41, 5.74) is -0.241. The topological polar surface area (TPSA) is 95.8 Å². The Balaban J connectivity index is 1.54. The van der Waals surface area contributed by atoms with Crippen LogP contribution in [0.3, 0.4) is 0 Å². The maximum atomic E-state index is 12.8. The first-order chi connectivity index (χ1) is 14.0. The molecule has 1 N–H and O–H groups in total. The highest BCUT2D eigenvalue weighted by Crippen LogP contribution is 2.30. The quantitative estimate of drug-likeness (QED) is 0.757. The molecule has 2 aromatic rings. The lowest BCUT2D eigenvalue weighted by molar-refractivity contribution is -0.137. The maximum absolute atomic E-state index is 12.8. The fourth-order valence-corrected chi connectivity index (χ4v) is 4.96. The third kappa shape index (κ3) is 4.82. The van der Waals surface area contributed by atoms with Gasteiger partial charge in [-0.05, 0) is 38.1 Å². The van der Waals surface area contributed by atoms with Gasteiger partial charge in [0.2, 0.25) is 15.9 Å². The molecule has 0 spiro atoms. The molecule has 1 fully saturated rings. The second kappa shape index (κ2) is 8.36. The number of amides is 1. The SMILES string of the molecule is Cc1noc(C)c1S(=O)(=O)N1CCN(CC(=O)Nc2ccc(C(F)(F)F)cc2)CC1. The number of hydrogen-bond donors (Lipinski definition) is 1. The van der Waals surface area contributed by atoms with E-state index >= 15 is 0 Å². The minimum absolute atomic E-state index is 0.000229. The number of alkyl halides is 3. The number of piperazine rings is 1. The summed E-state index contributed by atoms with van der Waals surface area (Å²) in [4.78, 5) is 14.0. The number of carbonyl (C=O) groups is 1. The van der Waals surface area contributed by atoms with Gasteiger partial charge in [-0.3, -0.25) is 9.69 Å². The summed E-state index contributed by atoms with van der Waals surface area (Å²) in [6.07, 6.45) is -4.44. The summed E-state index contributed by atoms with van der Waals surface area (Å²) >= 11 is 0. The van der Waals surface area contributed by atoms with Crippen molar-refractivity contribution in [2.45, 2.75) is 24.9 Å². The second-order valence-corrected chi connectivity index (χ2v) is 8.83. The number of nitrogens with one attached hydrogen (secondary N) is 1. The minimum atomic E-state index is -4.44. The highest BCUT2D eigenvalue weighted by Gasteiger charge is 2.33. The minimum Gasteiger partial charge on any atom is -0.360 e. The molecule has 0 atom stereocenters. The van der Waals surface area contributed by atoms with Crippen molar-refractivity contribution < 1.29 is 30.9 Å². The van der Waals surface area contributed by atoms with Crippen LogP contribution < -0.4 is 5.32 Å². The van der Waals surface area contributed by atoms with E-state index in [4.69, 9.17) is 4.52 Å². The Morgan fingerprint density at radius 3 is 2.23 bits per heavy atom. The monoisotopic (exact) mass is 446 g/mol. The van der Waals surface area contributed by atoms with Crippen molar-refractivity contribution in [2.24, 2.45) is 0 Å². The van der Waals surface area contributed by atoms with Crippen LogP contribution in [0.4, 0.5) is 18.9 Å². The highest BCUT2D eigenvalue weighted by atomic mass is 32.2. The number of rotatable bonds is 5.